The molecule has 0 N–H and O–H groups in total. The van der Waals surface area contributed by atoms with Crippen molar-refractivity contribution in [1.82, 2.24) is 14.8 Å². The maximum atomic E-state index is 12.7. The smallest absolute Gasteiger partial charge is 0.235 e. The topological polar surface area (TPSA) is 66.7 Å². The fraction of sp³-hybridized carbons (Fsp3) is 0.583. The van der Waals surface area contributed by atoms with Crippen molar-refractivity contribution < 1.29 is 13.4 Å². The van der Waals surface area contributed by atoms with Crippen molar-refractivity contribution in [2.45, 2.75) is 57.7 Å². The Morgan fingerprint density at radius 3 is 2.42 bits per heavy atom. The van der Waals surface area contributed by atoms with E-state index in [9.17, 15) is 9.00 Å². The fourth-order valence-electron chi connectivity index (χ4n) is 4.58. The van der Waals surface area contributed by atoms with Gasteiger partial charge >= 0.3 is 0 Å². The molecule has 0 saturated carbocycles. The van der Waals surface area contributed by atoms with Gasteiger partial charge in [-0.2, -0.15) is 0 Å². The van der Waals surface area contributed by atoms with Gasteiger partial charge in [0.2, 0.25) is 11.8 Å². The van der Waals surface area contributed by atoms with Crippen molar-refractivity contribution >= 4 is 16.7 Å². The number of likely N-dealkylation sites (tertiary alicyclic amines) is 2. The first-order valence-electron chi connectivity index (χ1n) is 11.4. The molecule has 6 nitrogen and oxygen atoms in total. The van der Waals surface area contributed by atoms with Crippen LogP contribution in [0.3, 0.4) is 0 Å². The molecule has 0 aliphatic carbocycles. The molecule has 168 valence electrons. The Balaban J connectivity index is 1.28. The molecule has 0 bridgehead atoms. The zero-order valence-corrected chi connectivity index (χ0v) is 19.5. The summed E-state index contributed by atoms with van der Waals surface area (Å²) in [5.74, 6) is 1.50. The molecule has 31 heavy (non-hydrogen) atoms. The lowest BCUT2D eigenvalue weighted by molar-refractivity contribution is -0.130. The van der Waals surface area contributed by atoms with Crippen molar-refractivity contribution in [2.24, 2.45) is 0 Å². The van der Waals surface area contributed by atoms with Crippen LogP contribution in [0.4, 0.5) is 0 Å². The number of rotatable bonds is 6. The predicted octanol–water partition coefficient (Wildman–Crippen LogP) is 3.68. The average molecular weight is 444 g/mol. The molecular formula is C24H33N3O3S. The normalized spacial score (nSPS) is 19.5. The molecule has 4 rings (SSSR count). The van der Waals surface area contributed by atoms with E-state index in [4.69, 9.17) is 4.42 Å². The number of carbonyl (C=O) groups excluding carboxylic acids is 1. The Hall–Kier alpha value is -1.99. The standard InChI is InChI=1S/C24H33N3O3S/c1-18-6-8-20(9-7-18)24-25-22(19(2)30-24)16-31(29)17-23(28)27-14-10-21(11-15-27)26-12-4-3-5-13-26/h6-9,21H,3-5,10-17H2,1-2H3/t31-/m0/s1. The van der Waals surface area contributed by atoms with Crippen LogP contribution in [-0.4, -0.2) is 62.9 Å². The van der Waals surface area contributed by atoms with Gasteiger partial charge in [-0.3, -0.25) is 9.00 Å². The first kappa shape index (κ1) is 22.2. The number of aryl methyl sites for hydroxylation is 2. The van der Waals surface area contributed by atoms with E-state index >= 15 is 0 Å². The minimum Gasteiger partial charge on any atom is -0.441 e. The van der Waals surface area contributed by atoms with Crippen molar-refractivity contribution in [3.63, 3.8) is 0 Å². The number of oxazole rings is 1. The molecule has 1 aromatic heterocycles. The fourth-order valence-corrected chi connectivity index (χ4v) is 5.71. The zero-order valence-electron chi connectivity index (χ0n) is 18.6. The number of hydrogen-bond donors (Lipinski definition) is 0. The number of aromatic nitrogens is 1. The van der Waals surface area contributed by atoms with E-state index in [0.29, 0.717) is 23.4 Å². The molecule has 2 fully saturated rings. The molecule has 2 aliphatic rings. The Labute approximate surface area is 187 Å². The van der Waals surface area contributed by atoms with Gasteiger partial charge in [0.1, 0.15) is 11.5 Å². The number of amides is 1. The van der Waals surface area contributed by atoms with Gasteiger partial charge in [0.15, 0.2) is 0 Å². The van der Waals surface area contributed by atoms with E-state index in [0.717, 1.165) is 31.5 Å². The number of piperidine rings is 2. The molecule has 0 unspecified atom stereocenters. The van der Waals surface area contributed by atoms with Crippen LogP contribution in [0.15, 0.2) is 28.7 Å². The Bertz CT molecular complexity index is 911. The SMILES string of the molecule is Cc1ccc(-c2nc(C[S@](=O)CC(=O)N3CCC(N4CCCCC4)CC3)c(C)o2)cc1. The van der Waals surface area contributed by atoms with Crippen LogP contribution in [0.5, 0.6) is 0 Å². The number of hydrogen-bond acceptors (Lipinski definition) is 5. The summed E-state index contributed by atoms with van der Waals surface area (Å²) in [6.07, 6.45) is 5.99. The molecule has 3 heterocycles. The summed E-state index contributed by atoms with van der Waals surface area (Å²) >= 11 is 0. The highest BCUT2D eigenvalue weighted by Gasteiger charge is 2.28. The first-order chi connectivity index (χ1) is 15.0. The zero-order chi connectivity index (χ0) is 21.8. The summed E-state index contributed by atoms with van der Waals surface area (Å²) in [7, 11) is -1.30. The Morgan fingerprint density at radius 2 is 1.74 bits per heavy atom. The summed E-state index contributed by atoms with van der Waals surface area (Å²) in [6, 6.07) is 8.57. The molecule has 7 heteroatoms. The summed E-state index contributed by atoms with van der Waals surface area (Å²) in [4.78, 5) is 21.7. The second-order valence-electron chi connectivity index (χ2n) is 8.83. The largest absolute Gasteiger partial charge is 0.441 e. The third kappa shape index (κ3) is 5.63. The predicted molar refractivity (Wildman–Crippen MR) is 123 cm³/mol. The third-order valence-electron chi connectivity index (χ3n) is 6.50. The molecule has 0 radical (unpaired) electrons. The molecule has 0 spiro atoms. The Kier molecular flexibility index (Phi) is 7.23. The highest BCUT2D eigenvalue weighted by molar-refractivity contribution is 7.84. The maximum absolute atomic E-state index is 12.7. The molecule has 2 aliphatic heterocycles. The molecule has 1 atom stereocenters. The van der Waals surface area contributed by atoms with Gasteiger partial charge in [-0.15, -0.1) is 0 Å². The summed E-state index contributed by atoms with van der Waals surface area (Å²) in [5, 5.41) is 0. The minimum atomic E-state index is -1.30. The highest BCUT2D eigenvalue weighted by atomic mass is 32.2. The monoisotopic (exact) mass is 443 g/mol. The lowest BCUT2D eigenvalue weighted by Gasteiger charge is -2.40. The molecule has 1 aromatic carbocycles. The van der Waals surface area contributed by atoms with Gasteiger partial charge in [-0.05, 0) is 64.8 Å². The second-order valence-corrected chi connectivity index (χ2v) is 10.3. The first-order valence-corrected chi connectivity index (χ1v) is 12.9. The van der Waals surface area contributed by atoms with Gasteiger partial charge in [0.05, 0.1) is 11.4 Å². The van der Waals surface area contributed by atoms with Gasteiger partial charge in [0.25, 0.3) is 0 Å². The van der Waals surface area contributed by atoms with E-state index in [1.165, 1.54) is 37.9 Å². The van der Waals surface area contributed by atoms with Crippen molar-refractivity contribution in [1.29, 1.82) is 0 Å². The highest BCUT2D eigenvalue weighted by Crippen LogP contribution is 2.24. The van der Waals surface area contributed by atoms with Crippen LogP contribution in [-0.2, 0) is 21.3 Å². The Morgan fingerprint density at radius 1 is 1.06 bits per heavy atom. The summed E-state index contributed by atoms with van der Waals surface area (Å²) in [6.45, 7) is 7.82. The molecular weight excluding hydrogens is 410 g/mol. The van der Waals surface area contributed by atoms with Crippen LogP contribution in [0.25, 0.3) is 11.5 Å². The van der Waals surface area contributed by atoms with Crippen LogP contribution >= 0.6 is 0 Å². The number of nitrogens with zero attached hydrogens (tertiary/aromatic N) is 3. The summed E-state index contributed by atoms with van der Waals surface area (Å²) < 4.78 is 18.5. The lowest BCUT2D eigenvalue weighted by Crippen LogP contribution is -2.49. The van der Waals surface area contributed by atoms with Gasteiger partial charge in [0, 0.05) is 35.5 Å². The van der Waals surface area contributed by atoms with E-state index in [1.807, 2.05) is 43.0 Å². The van der Waals surface area contributed by atoms with Crippen LogP contribution in [0.2, 0.25) is 0 Å². The van der Waals surface area contributed by atoms with Crippen molar-refractivity contribution in [3.05, 3.63) is 41.3 Å². The van der Waals surface area contributed by atoms with Crippen LogP contribution in [0.1, 0.15) is 49.1 Å². The van der Waals surface area contributed by atoms with Crippen LogP contribution < -0.4 is 0 Å². The average Bonchev–Trinajstić information content (AvgIpc) is 3.15. The van der Waals surface area contributed by atoms with E-state index in [2.05, 4.69) is 9.88 Å². The molecule has 2 aromatic rings. The third-order valence-corrected chi connectivity index (χ3v) is 7.66. The molecule has 2 saturated heterocycles. The summed E-state index contributed by atoms with van der Waals surface area (Å²) in [5.41, 5.74) is 2.75. The lowest BCUT2D eigenvalue weighted by atomic mass is 10.00. The van der Waals surface area contributed by atoms with E-state index in [-0.39, 0.29) is 17.4 Å². The number of benzene rings is 1. The van der Waals surface area contributed by atoms with Crippen LogP contribution in [0, 0.1) is 13.8 Å². The molecule has 1 amide bonds. The quantitative estimate of drug-likeness (QED) is 0.681. The van der Waals surface area contributed by atoms with E-state index < -0.39 is 10.8 Å². The van der Waals surface area contributed by atoms with Gasteiger partial charge in [-0.25, -0.2) is 4.98 Å². The van der Waals surface area contributed by atoms with Gasteiger partial charge in [-0.1, -0.05) is 24.1 Å². The van der Waals surface area contributed by atoms with Crippen molar-refractivity contribution in [3.8, 4) is 11.5 Å². The maximum Gasteiger partial charge on any atom is 0.235 e. The second kappa shape index (κ2) is 10.1. The van der Waals surface area contributed by atoms with Crippen molar-refractivity contribution in [2.75, 3.05) is 31.9 Å². The minimum absolute atomic E-state index is 0.00432. The van der Waals surface area contributed by atoms with Gasteiger partial charge < -0.3 is 14.2 Å². The van der Waals surface area contributed by atoms with E-state index in [1.54, 1.807) is 0 Å². The number of carbonyl (C=O) groups is 1.